The Kier molecular flexibility index (Phi) is 4.49. The van der Waals surface area contributed by atoms with Crippen molar-refractivity contribution in [2.75, 3.05) is 37.6 Å². The van der Waals surface area contributed by atoms with Crippen molar-refractivity contribution < 1.29 is 0 Å². The minimum atomic E-state index is 0.779. The zero-order chi connectivity index (χ0) is 15.6. The van der Waals surface area contributed by atoms with Gasteiger partial charge in [-0.3, -0.25) is 0 Å². The average Bonchev–Trinajstić information content (AvgIpc) is 3.06. The highest BCUT2D eigenvalue weighted by Gasteiger charge is 2.25. The molecule has 0 N–H and O–H groups in total. The Morgan fingerprint density at radius 3 is 2.91 bits per heavy atom. The molecule has 124 valence electrons. The molecule has 23 heavy (non-hydrogen) atoms. The minimum absolute atomic E-state index is 0.779. The normalized spacial score (nSPS) is 24.4. The molecule has 2 aromatic rings. The summed E-state index contributed by atoms with van der Waals surface area (Å²) in [7, 11) is 0. The smallest absolute Gasteiger partial charge is 0.140 e. The lowest BCUT2D eigenvalue weighted by Gasteiger charge is -2.38. The summed E-state index contributed by atoms with van der Waals surface area (Å²) in [6, 6.07) is 2.17. The maximum absolute atomic E-state index is 4.60. The molecule has 4 heterocycles. The van der Waals surface area contributed by atoms with E-state index < -0.39 is 0 Å². The monoisotopic (exact) mass is 330 g/mol. The molecule has 0 aliphatic carbocycles. The Morgan fingerprint density at radius 1 is 1.17 bits per heavy atom. The van der Waals surface area contributed by atoms with E-state index in [1.54, 1.807) is 17.7 Å². The van der Waals surface area contributed by atoms with E-state index in [0.717, 1.165) is 35.6 Å². The first-order valence-electron chi connectivity index (χ1n) is 8.95. The molecule has 0 amide bonds. The predicted molar refractivity (Wildman–Crippen MR) is 97.2 cm³/mol. The molecule has 0 aromatic carbocycles. The Balaban J connectivity index is 1.44. The first kappa shape index (κ1) is 15.3. The number of likely N-dealkylation sites (tertiary alicyclic amines) is 1. The molecule has 2 aliphatic rings. The molecule has 0 bridgehead atoms. The molecular formula is C18H26N4S. The Bertz CT molecular complexity index is 647. The third-order valence-corrected chi connectivity index (χ3v) is 6.27. The van der Waals surface area contributed by atoms with Crippen LogP contribution in [-0.2, 0) is 0 Å². The second kappa shape index (κ2) is 6.73. The van der Waals surface area contributed by atoms with Crippen LogP contribution in [0, 0.1) is 11.8 Å². The summed E-state index contributed by atoms with van der Waals surface area (Å²) in [5, 5.41) is 3.35. The van der Waals surface area contributed by atoms with Gasteiger partial charge in [0, 0.05) is 19.6 Å². The van der Waals surface area contributed by atoms with Crippen LogP contribution < -0.4 is 4.90 Å². The lowest BCUT2D eigenvalue weighted by atomic mass is 9.94. The van der Waals surface area contributed by atoms with Crippen LogP contribution in [0.1, 0.15) is 32.6 Å². The SMILES string of the molecule is CC1CCN(CC2CCCN(c3ncnc4sccc34)C2)CC1. The zero-order valence-electron chi connectivity index (χ0n) is 13.9. The highest BCUT2D eigenvalue weighted by molar-refractivity contribution is 7.16. The van der Waals surface area contributed by atoms with Gasteiger partial charge in [-0.15, -0.1) is 11.3 Å². The fraction of sp³-hybridized carbons (Fsp3) is 0.667. The fourth-order valence-corrected chi connectivity index (χ4v) is 4.77. The second-order valence-corrected chi connectivity index (χ2v) is 8.17. The summed E-state index contributed by atoms with van der Waals surface area (Å²) in [4.78, 5) is 15.3. The van der Waals surface area contributed by atoms with Crippen LogP contribution in [-0.4, -0.2) is 47.6 Å². The molecule has 0 spiro atoms. The molecule has 0 saturated carbocycles. The summed E-state index contributed by atoms with van der Waals surface area (Å²) < 4.78 is 0. The van der Waals surface area contributed by atoms with Gasteiger partial charge in [-0.1, -0.05) is 6.92 Å². The van der Waals surface area contributed by atoms with Crippen LogP contribution >= 0.6 is 11.3 Å². The standard InChI is InChI=1S/C18H26N4S/c1-14-4-8-21(9-5-14)11-15-3-2-7-22(12-15)17-16-6-10-23-18(16)20-13-19-17/h6,10,13-15H,2-5,7-9,11-12H2,1H3. The molecule has 1 atom stereocenters. The molecule has 5 heteroatoms. The summed E-state index contributed by atoms with van der Waals surface area (Å²) >= 11 is 1.71. The van der Waals surface area contributed by atoms with Crippen LogP contribution in [0.25, 0.3) is 10.2 Å². The van der Waals surface area contributed by atoms with Crippen molar-refractivity contribution in [2.45, 2.75) is 32.6 Å². The average molecular weight is 331 g/mol. The lowest BCUT2D eigenvalue weighted by Crippen LogP contribution is -2.43. The van der Waals surface area contributed by atoms with Crippen molar-refractivity contribution >= 4 is 27.4 Å². The number of hydrogen-bond acceptors (Lipinski definition) is 5. The van der Waals surface area contributed by atoms with E-state index in [-0.39, 0.29) is 0 Å². The maximum atomic E-state index is 4.60. The summed E-state index contributed by atoms with van der Waals surface area (Å²) in [5.74, 6) is 2.84. The number of anilines is 1. The van der Waals surface area contributed by atoms with Crippen LogP contribution in [0.3, 0.4) is 0 Å². The van der Waals surface area contributed by atoms with Gasteiger partial charge in [0.05, 0.1) is 5.39 Å². The number of piperidine rings is 2. The van der Waals surface area contributed by atoms with Gasteiger partial charge in [-0.2, -0.15) is 0 Å². The predicted octanol–water partition coefficient (Wildman–Crippen LogP) is 3.64. The number of thiophene rings is 1. The van der Waals surface area contributed by atoms with E-state index in [4.69, 9.17) is 0 Å². The highest BCUT2D eigenvalue weighted by atomic mass is 32.1. The summed E-state index contributed by atoms with van der Waals surface area (Å²) in [5.41, 5.74) is 0. The lowest BCUT2D eigenvalue weighted by molar-refractivity contribution is 0.159. The van der Waals surface area contributed by atoms with E-state index in [1.807, 2.05) is 0 Å². The Morgan fingerprint density at radius 2 is 2.04 bits per heavy atom. The molecular weight excluding hydrogens is 304 g/mol. The molecule has 2 aromatic heterocycles. The number of rotatable bonds is 3. The van der Waals surface area contributed by atoms with Crippen LogP contribution in [0.5, 0.6) is 0 Å². The molecule has 2 aliphatic heterocycles. The minimum Gasteiger partial charge on any atom is -0.356 e. The number of aromatic nitrogens is 2. The molecule has 2 saturated heterocycles. The van der Waals surface area contributed by atoms with Gasteiger partial charge in [-0.25, -0.2) is 9.97 Å². The zero-order valence-corrected chi connectivity index (χ0v) is 14.8. The van der Waals surface area contributed by atoms with Crippen molar-refractivity contribution in [3.8, 4) is 0 Å². The summed E-state index contributed by atoms with van der Waals surface area (Å²) in [6.07, 6.45) is 7.12. The van der Waals surface area contributed by atoms with Gasteiger partial charge in [0.25, 0.3) is 0 Å². The second-order valence-electron chi connectivity index (χ2n) is 7.27. The topological polar surface area (TPSA) is 32.3 Å². The first-order valence-corrected chi connectivity index (χ1v) is 9.83. The van der Waals surface area contributed by atoms with E-state index >= 15 is 0 Å². The van der Waals surface area contributed by atoms with Crippen molar-refractivity contribution in [3.05, 3.63) is 17.8 Å². The Labute approximate surface area is 142 Å². The van der Waals surface area contributed by atoms with Crippen LogP contribution in [0.2, 0.25) is 0 Å². The maximum Gasteiger partial charge on any atom is 0.140 e. The van der Waals surface area contributed by atoms with Crippen LogP contribution in [0.4, 0.5) is 5.82 Å². The summed E-state index contributed by atoms with van der Waals surface area (Å²) in [6.45, 7) is 8.52. The van der Waals surface area contributed by atoms with Gasteiger partial charge in [0.2, 0.25) is 0 Å². The van der Waals surface area contributed by atoms with Gasteiger partial charge in [0.1, 0.15) is 17.0 Å². The Hall–Kier alpha value is -1.20. The quantitative estimate of drug-likeness (QED) is 0.860. The highest BCUT2D eigenvalue weighted by Crippen LogP contribution is 2.30. The van der Waals surface area contributed by atoms with Crippen LogP contribution in [0.15, 0.2) is 17.8 Å². The van der Waals surface area contributed by atoms with Crippen molar-refractivity contribution in [1.82, 2.24) is 14.9 Å². The number of fused-ring (bicyclic) bond motifs is 1. The van der Waals surface area contributed by atoms with E-state index in [0.29, 0.717) is 0 Å². The largest absolute Gasteiger partial charge is 0.356 e. The molecule has 4 nitrogen and oxygen atoms in total. The van der Waals surface area contributed by atoms with Gasteiger partial charge in [0.15, 0.2) is 0 Å². The third kappa shape index (κ3) is 3.36. The number of nitrogens with zero attached hydrogens (tertiary/aromatic N) is 4. The van der Waals surface area contributed by atoms with E-state index in [9.17, 15) is 0 Å². The first-order chi connectivity index (χ1) is 11.3. The number of hydrogen-bond donors (Lipinski definition) is 0. The van der Waals surface area contributed by atoms with E-state index in [1.165, 1.54) is 50.7 Å². The van der Waals surface area contributed by atoms with Gasteiger partial charge < -0.3 is 9.80 Å². The van der Waals surface area contributed by atoms with Crippen molar-refractivity contribution in [3.63, 3.8) is 0 Å². The van der Waals surface area contributed by atoms with Gasteiger partial charge in [-0.05, 0) is 62.1 Å². The van der Waals surface area contributed by atoms with Gasteiger partial charge >= 0.3 is 0 Å². The molecule has 4 rings (SSSR count). The van der Waals surface area contributed by atoms with Crippen molar-refractivity contribution in [1.29, 1.82) is 0 Å². The third-order valence-electron chi connectivity index (χ3n) is 5.45. The molecule has 0 radical (unpaired) electrons. The molecule has 1 unspecified atom stereocenters. The van der Waals surface area contributed by atoms with E-state index in [2.05, 4.69) is 38.1 Å². The fourth-order valence-electron chi connectivity index (χ4n) is 4.05. The van der Waals surface area contributed by atoms with Crippen molar-refractivity contribution in [2.24, 2.45) is 11.8 Å². The molecule has 2 fully saturated rings.